The van der Waals surface area contributed by atoms with Gasteiger partial charge in [-0.05, 0) is 23.1 Å². The van der Waals surface area contributed by atoms with Gasteiger partial charge in [-0.25, -0.2) is 0 Å². The van der Waals surface area contributed by atoms with E-state index in [9.17, 15) is 9.59 Å². The Morgan fingerprint density at radius 1 is 1.09 bits per heavy atom. The number of nitrogens with one attached hydrogen (secondary N) is 2. The Hall–Kier alpha value is -3.39. The molecule has 0 radical (unpaired) electrons. The second-order valence-corrected chi connectivity index (χ2v) is 10.2. The molecule has 186 valence electrons. The Morgan fingerprint density at radius 3 is 2.37 bits per heavy atom. The first-order valence-corrected chi connectivity index (χ1v) is 11.9. The summed E-state index contributed by atoms with van der Waals surface area (Å²) in [5.74, 6) is 0.945. The van der Waals surface area contributed by atoms with Crippen molar-refractivity contribution in [2.24, 2.45) is 4.99 Å². The molecule has 0 bridgehead atoms. The van der Waals surface area contributed by atoms with Gasteiger partial charge in [-0.15, -0.1) is 0 Å². The number of hydrogen-bond donors (Lipinski definition) is 2. The minimum Gasteiger partial charge on any atom is -0.497 e. The van der Waals surface area contributed by atoms with Crippen LogP contribution in [-0.2, 0) is 15.0 Å². The average molecular weight is 479 g/mol. The van der Waals surface area contributed by atoms with Crippen molar-refractivity contribution in [2.45, 2.75) is 44.7 Å². The summed E-state index contributed by atoms with van der Waals surface area (Å²) in [6, 6.07) is 13.4. The maximum absolute atomic E-state index is 12.8. The van der Waals surface area contributed by atoms with Crippen LogP contribution in [-0.4, -0.2) is 61.9 Å². The Morgan fingerprint density at radius 2 is 1.77 bits per heavy atom. The van der Waals surface area contributed by atoms with E-state index in [-0.39, 0.29) is 23.8 Å². The molecule has 2 heterocycles. The quantitative estimate of drug-likeness (QED) is 0.664. The predicted molar refractivity (Wildman–Crippen MR) is 136 cm³/mol. The van der Waals surface area contributed by atoms with E-state index >= 15 is 0 Å². The lowest BCUT2D eigenvalue weighted by atomic mass is 9.86. The molecule has 2 amide bonds. The number of amides is 2. The fourth-order valence-corrected chi connectivity index (χ4v) is 4.50. The van der Waals surface area contributed by atoms with Crippen molar-refractivity contribution in [1.82, 2.24) is 10.2 Å². The zero-order chi connectivity index (χ0) is 25.2. The highest BCUT2D eigenvalue weighted by Gasteiger charge is 2.42. The van der Waals surface area contributed by atoms with Gasteiger partial charge in [0.25, 0.3) is 5.91 Å². The van der Waals surface area contributed by atoms with Crippen molar-refractivity contribution in [3.05, 3.63) is 53.6 Å². The third-order valence-corrected chi connectivity index (χ3v) is 6.64. The number of ether oxygens (including phenoxy) is 2. The number of carbonyl (C=O) groups excluding carboxylic acids is 2. The Balaban J connectivity index is 1.36. The SMILES string of the molecule is COc1ccc(NC(=O)CN2CCC3(CC2)N=C(c2ccc(C(C)(C)C)cc2)C(=O)N3)c(OC)c1. The molecule has 4 rings (SSSR count). The number of carbonyl (C=O) groups is 2. The number of benzene rings is 2. The molecule has 1 fully saturated rings. The summed E-state index contributed by atoms with van der Waals surface area (Å²) in [5.41, 5.74) is 2.60. The molecule has 35 heavy (non-hydrogen) atoms. The van der Waals surface area contributed by atoms with E-state index in [0.717, 1.165) is 5.56 Å². The van der Waals surface area contributed by atoms with Crippen molar-refractivity contribution in [2.75, 3.05) is 39.2 Å². The highest BCUT2D eigenvalue weighted by Crippen LogP contribution is 2.31. The number of hydrogen-bond acceptors (Lipinski definition) is 6. The van der Waals surface area contributed by atoms with Gasteiger partial charge in [-0.2, -0.15) is 0 Å². The minimum atomic E-state index is -0.596. The summed E-state index contributed by atoms with van der Waals surface area (Å²) in [7, 11) is 3.14. The Labute approximate surface area is 206 Å². The first-order valence-electron chi connectivity index (χ1n) is 11.9. The van der Waals surface area contributed by atoms with Crippen LogP contribution in [0.3, 0.4) is 0 Å². The monoisotopic (exact) mass is 478 g/mol. The van der Waals surface area contributed by atoms with Crippen LogP contribution in [0.5, 0.6) is 11.5 Å². The number of methoxy groups -OCH3 is 2. The maximum Gasteiger partial charge on any atom is 0.272 e. The molecule has 2 aliphatic rings. The van der Waals surface area contributed by atoms with E-state index in [2.05, 4.69) is 48.4 Å². The molecule has 8 nitrogen and oxygen atoms in total. The number of nitrogens with zero attached hydrogens (tertiary/aromatic N) is 2. The molecule has 0 unspecified atom stereocenters. The summed E-state index contributed by atoms with van der Waals surface area (Å²) in [6.45, 7) is 8.07. The average Bonchev–Trinajstić information content (AvgIpc) is 3.16. The van der Waals surface area contributed by atoms with E-state index in [4.69, 9.17) is 14.5 Å². The van der Waals surface area contributed by atoms with Gasteiger partial charge in [0.05, 0.1) is 26.5 Å². The van der Waals surface area contributed by atoms with E-state index in [1.807, 2.05) is 12.1 Å². The molecule has 2 aliphatic heterocycles. The van der Waals surface area contributed by atoms with Gasteiger partial charge in [0.2, 0.25) is 5.91 Å². The fraction of sp³-hybridized carbons (Fsp3) is 0.444. The van der Waals surface area contributed by atoms with Crippen molar-refractivity contribution in [3.63, 3.8) is 0 Å². The molecule has 1 saturated heterocycles. The fourth-order valence-electron chi connectivity index (χ4n) is 4.50. The number of anilines is 1. The molecular formula is C27H34N4O4. The van der Waals surface area contributed by atoms with Crippen LogP contribution < -0.4 is 20.1 Å². The highest BCUT2D eigenvalue weighted by atomic mass is 16.5. The Kier molecular flexibility index (Phi) is 6.85. The zero-order valence-electron chi connectivity index (χ0n) is 21.1. The summed E-state index contributed by atoms with van der Waals surface area (Å²) in [4.78, 5) is 32.3. The molecule has 2 N–H and O–H groups in total. The standard InChI is InChI=1S/C27H34N4O4/c1-26(2,3)19-8-6-18(7-9-19)24-25(33)30-27(29-24)12-14-31(15-13-27)17-23(32)28-21-11-10-20(34-4)16-22(21)35-5/h6-11,16H,12-15,17H2,1-5H3,(H,28,32)(H,30,33). The van der Waals surface area contributed by atoms with Crippen molar-refractivity contribution < 1.29 is 19.1 Å². The van der Waals surface area contributed by atoms with Crippen LogP contribution in [0.2, 0.25) is 0 Å². The summed E-state index contributed by atoms with van der Waals surface area (Å²) in [5, 5.41) is 6.02. The van der Waals surface area contributed by atoms with Gasteiger partial charge in [-0.3, -0.25) is 19.5 Å². The van der Waals surface area contributed by atoms with Crippen molar-refractivity contribution in [1.29, 1.82) is 0 Å². The lowest BCUT2D eigenvalue weighted by Crippen LogP contribution is -2.52. The molecule has 2 aromatic carbocycles. The smallest absolute Gasteiger partial charge is 0.272 e. The molecule has 0 aromatic heterocycles. The summed E-state index contributed by atoms with van der Waals surface area (Å²) >= 11 is 0. The number of piperidine rings is 1. The van der Waals surface area contributed by atoms with E-state index in [1.54, 1.807) is 32.4 Å². The second-order valence-electron chi connectivity index (χ2n) is 10.2. The normalized spacial score (nSPS) is 17.6. The van der Waals surface area contributed by atoms with Crippen LogP contribution in [0.1, 0.15) is 44.7 Å². The summed E-state index contributed by atoms with van der Waals surface area (Å²) < 4.78 is 10.6. The van der Waals surface area contributed by atoms with Gasteiger partial charge < -0.3 is 20.1 Å². The molecule has 0 atom stereocenters. The summed E-state index contributed by atoms with van der Waals surface area (Å²) in [6.07, 6.45) is 1.31. The lowest BCUT2D eigenvalue weighted by Gasteiger charge is -2.36. The molecule has 2 aromatic rings. The van der Waals surface area contributed by atoms with E-state index in [1.165, 1.54) is 5.56 Å². The van der Waals surface area contributed by atoms with Crippen molar-refractivity contribution in [3.8, 4) is 11.5 Å². The van der Waals surface area contributed by atoms with Crippen molar-refractivity contribution >= 4 is 23.2 Å². The molecule has 0 aliphatic carbocycles. The largest absolute Gasteiger partial charge is 0.497 e. The molecule has 0 saturated carbocycles. The van der Waals surface area contributed by atoms with Gasteiger partial charge in [0.15, 0.2) is 0 Å². The predicted octanol–water partition coefficient (Wildman–Crippen LogP) is 3.35. The molecule has 8 heteroatoms. The highest BCUT2D eigenvalue weighted by molar-refractivity contribution is 6.46. The van der Waals surface area contributed by atoms with Gasteiger partial charge in [0.1, 0.15) is 22.9 Å². The maximum atomic E-state index is 12.8. The molecule has 1 spiro atoms. The Bertz CT molecular complexity index is 1130. The van der Waals surface area contributed by atoms with Crippen LogP contribution in [0, 0.1) is 0 Å². The number of likely N-dealkylation sites (tertiary alicyclic amines) is 1. The second kappa shape index (κ2) is 9.70. The third kappa shape index (κ3) is 5.48. The third-order valence-electron chi connectivity index (χ3n) is 6.64. The number of rotatable bonds is 6. The van der Waals surface area contributed by atoms with E-state index in [0.29, 0.717) is 48.8 Å². The zero-order valence-corrected chi connectivity index (χ0v) is 21.1. The first-order chi connectivity index (χ1) is 16.6. The minimum absolute atomic E-state index is 0.0527. The van der Waals surface area contributed by atoms with Crippen LogP contribution in [0.4, 0.5) is 5.69 Å². The van der Waals surface area contributed by atoms with Crippen LogP contribution >= 0.6 is 0 Å². The van der Waals surface area contributed by atoms with Gasteiger partial charge >= 0.3 is 0 Å². The van der Waals surface area contributed by atoms with Gasteiger partial charge in [0, 0.05) is 37.6 Å². The number of aliphatic imine (C=N–C) groups is 1. The first kappa shape index (κ1) is 24.7. The lowest BCUT2D eigenvalue weighted by molar-refractivity contribution is -0.119. The van der Waals surface area contributed by atoms with E-state index < -0.39 is 5.66 Å². The van der Waals surface area contributed by atoms with Crippen LogP contribution in [0.25, 0.3) is 0 Å². The van der Waals surface area contributed by atoms with Gasteiger partial charge in [-0.1, -0.05) is 45.0 Å². The van der Waals surface area contributed by atoms with Crippen LogP contribution in [0.15, 0.2) is 47.5 Å². The topological polar surface area (TPSA) is 92.3 Å². The molecular weight excluding hydrogens is 444 g/mol.